The Morgan fingerprint density at radius 3 is 1.71 bits per heavy atom. The first-order chi connectivity index (χ1) is 17.2. The van der Waals surface area contributed by atoms with Crippen LogP contribution in [0.25, 0.3) is 0 Å². The number of carbonyl (C=O) groups excluding carboxylic acids is 2. The Morgan fingerprint density at radius 2 is 1.06 bits per heavy atom. The summed E-state index contributed by atoms with van der Waals surface area (Å²) in [6.45, 7) is 1.68. The van der Waals surface area contributed by atoms with Gasteiger partial charge in [0.1, 0.15) is 11.9 Å². The number of hydrogen-bond donors (Lipinski definition) is 2. The Balaban J connectivity index is 3.19. The van der Waals surface area contributed by atoms with Gasteiger partial charge in [-0.3, -0.25) is 9.59 Å². The van der Waals surface area contributed by atoms with Crippen LogP contribution >= 0.6 is 70.6 Å². The topological polar surface area (TPSA) is 130 Å². The van der Waals surface area contributed by atoms with Crippen LogP contribution in [0, 0.1) is 0 Å². The highest BCUT2D eigenvalue weighted by atomic mass is 32.2. The van der Waals surface area contributed by atoms with Crippen molar-refractivity contribution in [2.24, 2.45) is 0 Å². The molecule has 0 aliphatic heterocycles. The Bertz CT molecular complexity index is 481. The minimum atomic E-state index is -0.262. The molecule has 0 heterocycles. The fraction of sp³-hybridized carbons (Fsp3) is 0.895. The Morgan fingerprint density at radius 1 is 0.543 bits per heavy atom. The van der Waals surface area contributed by atoms with Crippen molar-refractivity contribution in [1.29, 1.82) is 0 Å². The lowest BCUT2D eigenvalue weighted by Crippen LogP contribution is -2.09. The fourth-order valence-corrected chi connectivity index (χ4v) is 6.40. The maximum absolute atomic E-state index is 11.6. The molecule has 10 nitrogen and oxygen atoms in total. The number of carbonyl (C=O) groups is 2. The van der Waals surface area contributed by atoms with Crippen LogP contribution in [-0.4, -0.2) is 112 Å². The van der Waals surface area contributed by atoms with E-state index in [2.05, 4.69) is 0 Å². The summed E-state index contributed by atoms with van der Waals surface area (Å²) in [4.78, 5) is 42.9. The van der Waals surface area contributed by atoms with Gasteiger partial charge in [0.25, 0.3) is 0 Å². The molecule has 0 fully saturated rings. The average molecular weight is 617 g/mol. The van der Waals surface area contributed by atoms with Crippen molar-refractivity contribution in [3.8, 4) is 0 Å². The van der Waals surface area contributed by atoms with Crippen molar-refractivity contribution in [2.45, 2.75) is 12.8 Å². The van der Waals surface area contributed by atoms with Crippen LogP contribution in [-0.2, 0) is 38.6 Å². The third-order valence-corrected chi connectivity index (χ3v) is 9.45. The van der Waals surface area contributed by atoms with Crippen LogP contribution in [0.4, 0.5) is 0 Å². The lowest BCUT2D eigenvalue weighted by atomic mass is 10.5. The predicted octanol–water partition coefficient (Wildman–Crippen LogP) is 2.92. The van der Waals surface area contributed by atoms with E-state index in [9.17, 15) is 9.59 Å². The zero-order valence-electron chi connectivity index (χ0n) is 19.6. The molecule has 0 aromatic carbocycles. The average Bonchev–Trinajstić information content (AvgIpc) is 2.85. The Labute approximate surface area is 232 Å². The summed E-state index contributed by atoms with van der Waals surface area (Å²) in [5.41, 5.74) is 0. The molecule has 0 saturated heterocycles. The molecule has 0 radical (unpaired) electrons. The molecule has 16 heteroatoms. The number of aliphatic hydroxyl groups excluding tert-OH is 2. The molecule has 2 N–H and O–H groups in total. The summed E-state index contributed by atoms with van der Waals surface area (Å²) >= 11 is 9.30. The predicted molar refractivity (Wildman–Crippen MR) is 149 cm³/mol. The first-order valence-corrected chi connectivity index (χ1v) is 17.6. The molecule has 208 valence electrons. The van der Waals surface area contributed by atoms with Crippen LogP contribution in [0.3, 0.4) is 0 Å². The summed E-state index contributed by atoms with van der Waals surface area (Å²) in [6, 6.07) is 0. The van der Waals surface area contributed by atoms with E-state index < -0.39 is 0 Å². The second-order valence-corrected chi connectivity index (χ2v) is 13.1. The summed E-state index contributed by atoms with van der Waals surface area (Å²) in [5, 5.41) is 19.5. The molecular formula is C19H36O10S6. The number of rotatable bonds is 28. The standard InChI is InChI=1S/C19H36O10S6/c20-3-1-5-24-18(22)11-32-15-31-10-8-28-29-14-35-17-34-13-25-19(23)12-33-16-30-9-7-27-26-6-2-4-21/h20-21H,1-17H2. The van der Waals surface area contributed by atoms with Gasteiger partial charge in [-0.15, -0.1) is 70.6 Å². The van der Waals surface area contributed by atoms with Crippen LogP contribution < -0.4 is 0 Å². The largest absolute Gasteiger partial charge is 0.465 e. The zero-order chi connectivity index (χ0) is 25.7. The minimum absolute atomic E-state index is 0.0219. The monoisotopic (exact) mass is 616 g/mol. The molecule has 0 saturated carbocycles. The SMILES string of the molecule is O=C(CSCSCCOOCSCSCOC(=O)CSCSCCOOCCCO)OCCCO. The van der Waals surface area contributed by atoms with E-state index in [-0.39, 0.29) is 31.8 Å². The first-order valence-electron chi connectivity index (χ1n) is 10.7. The van der Waals surface area contributed by atoms with Gasteiger partial charge in [-0.2, -0.15) is 0 Å². The Hall–Kier alpha value is 0.800. The maximum Gasteiger partial charge on any atom is 0.316 e. The second-order valence-electron chi connectivity index (χ2n) is 5.99. The van der Waals surface area contributed by atoms with Crippen molar-refractivity contribution in [2.75, 3.05) is 89.8 Å². The van der Waals surface area contributed by atoms with E-state index in [0.717, 1.165) is 26.8 Å². The lowest BCUT2D eigenvalue weighted by molar-refractivity contribution is -0.291. The summed E-state index contributed by atoms with van der Waals surface area (Å²) in [7, 11) is 0. The molecular weight excluding hydrogens is 581 g/mol. The van der Waals surface area contributed by atoms with Crippen LogP contribution in [0.2, 0.25) is 0 Å². The summed E-state index contributed by atoms with van der Waals surface area (Å²) in [5.74, 6) is 2.35. The van der Waals surface area contributed by atoms with Crippen LogP contribution in [0.15, 0.2) is 0 Å². The van der Waals surface area contributed by atoms with E-state index in [0.29, 0.717) is 56.0 Å². The molecule has 0 bridgehead atoms. The zero-order valence-corrected chi connectivity index (χ0v) is 24.5. The van der Waals surface area contributed by atoms with Gasteiger partial charge in [-0.1, -0.05) is 0 Å². The second kappa shape index (κ2) is 31.0. The third-order valence-electron chi connectivity index (χ3n) is 3.11. The molecule has 0 amide bonds. The van der Waals surface area contributed by atoms with Crippen LogP contribution in [0.1, 0.15) is 12.8 Å². The maximum atomic E-state index is 11.6. The molecule has 0 rings (SSSR count). The smallest absolute Gasteiger partial charge is 0.316 e. The highest BCUT2D eigenvalue weighted by molar-refractivity contribution is 8.16. The lowest BCUT2D eigenvalue weighted by Gasteiger charge is -2.06. The fourth-order valence-electron chi connectivity index (χ4n) is 1.61. The highest BCUT2D eigenvalue weighted by Crippen LogP contribution is 2.15. The van der Waals surface area contributed by atoms with Gasteiger partial charge in [-0.25, -0.2) is 19.6 Å². The van der Waals surface area contributed by atoms with Gasteiger partial charge in [0, 0.05) is 46.4 Å². The quantitative estimate of drug-likeness (QED) is 0.0439. The van der Waals surface area contributed by atoms with E-state index >= 15 is 0 Å². The normalized spacial score (nSPS) is 11.0. The molecule has 0 spiro atoms. The van der Waals surface area contributed by atoms with Crippen LogP contribution in [0.5, 0.6) is 0 Å². The van der Waals surface area contributed by atoms with Crippen molar-refractivity contribution in [3.05, 3.63) is 0 Å². The number of esters is 2. The van der Waals surface area contributed by atoms with Crippen molar-refractivity contribution in [1.82, 2.24) is 0 Å². The number of hydrogen-bond acceptors (Lipinski definition) is 16. The van der Waals surface area contributed by atoms with Gasteiger partial charge in [0.15, 0.2) is 0 Å². The minimum Gasteiger partial charge on any atom is -0.465 e. The van der Waals surface area contributed by atoms with E-state index in [1.165, 1.54) is 47.0 Å². The van der Waals surface area contributed by atoms with Gasteiger partial charge in [-0.05, 0) is 6.42 Å². The van der Waals surface area contributed by atoms with Gasteiger partial charge < -0.3 is 19.7 Å². The third kappa shape index (κ3) is 30.9. The Kier molecular flexibility index (Phi) is 31.7. The number of aliphatic hydroxyl groups is 2. The molecule has 35 heavy (non-hydrogen) atoms. The number of thioether (sulfide) groups is 6. The number of ether oxygens (including phenoxy) is 2. The first kappa shape index (κ1) is 35.8. The van der Waals surface area contributed by atoms with Gasteiger partial charge in [0.05, 0.1) is 37.9 Å². The van der Waals surface area contributed by atoms with Crippen molar-refractivity contribution >= 4 is 82.5 Å². The summed E-state index contributed by atoms with van der Waals surface area (Å²) < 4.78 is 10.1. The van der Waals surface area contributed by atoms with E-state index in [4.69, 9.17) is 39.2 Å². The van der Waals surface area contributed by atoms with E-state index in [1.54, 1.807) is 23.5 Å². The molecule has 0 aromatic heterocycles. The summed E-state index contributed by atoms with van der Waals surface area (Å²) in [6.07, 6.45) is 1.02. The molecule has 0 atom stereocenters. The van der Waals surface area contributed by atoms with Gasteiger partial charge in [0.2, 0.25) is 0 Å². The van der Waals surface area contributed by atoms with Crippen molar-refractivity contribution < 1.29 is 48.8 Å². The molecule has 0 aliphatic rings. The molecule has 0 aliphatic carbocycles. The van der Waals surface area contributed by atoms with E-state index in [1.807, 2.05) is 0 Å². The molecule has 0 unspecified atom stereocenters. The van der Waals surface area contributed by atoms with Gasteiger partial charge >= 0.3 is 11.9 Å². The van der Waals surface area contributed by atoms with Crippen molar-refractivity contribution in [3.63, 3.8) is 0 Å². The molecule has 0 aromatic rings. The highest BCUT2D eigenvalue weighted by Gasteiger charge is 2.04.